The Morgan fingerprint density at radius 2 is 1.84 bits per heavy atom. The molecule has 0 unspecified atom stereocenters. The van der Waals surface area contributed by atoms with Gasteiger partial charge in [-0.15, -0.1) is 0 Å². The lowest BCUT2D eigenvalue weighted by Crippen LogP contribution is -2.13. The summed E-state index contributed by atoms with van der Waals surface area (Å²) >= 11 is 0. The first-order chi connectivity index (χ1) is 8.95. The highest BCUT2D eigenvalue weighted by Crippen LogP contribution is 2.27. The number of alkyl halides is 3. The third kappa shape index (κ3) is 1.92. The summed E-state index contributed by atoms with van der Waals surface area (Å²) < 4.78 is 38.4. The molecule has 2 heterocycles. The quantitative estimate of drug-likeness (QED) is 0.699. The van der Waals surface area contributed by atoms with Gasteiger partial charge in [0.1, 0.15) is 11.5 Å². The fourth-order valence-electron chi connectivity index (χ4n) is 1.90. The number of aromatic amines is 2. The fraction of sp³-hybridized carbons (Fsp3) is 0.0833. The number of hydrogen-bond acceptors (Lipinski definition) is 1. The van der Waals surface area contributed by atoms with Gasteiger partial charge in [0, 0.05) is 17.0 Å². The highest BCUT2D eigenvalue weighted by atomic mass is 19.4. The molecule has 4 nitrogen and oxygen atoms in total. The summed E-state index contributed by atoms with van der Waals surface area (Å²) in [5.74, 6) is 0.265. The SMILES string of the molecule is O=c1cc(C(F)(F)F)[nH]n1-c1cc2ccccc2[nH]1. The van der Waals surface area contributed by atoms with Crippen molar-refractivity contribution in [2.24, 2.45) is 0 Å². The second-order valence-electron chi connectivity index (χ2n) is 4.08. The lowest BCUT2D eigenvalue weighted by atomic mass is 10.2. The van der Waals surface area contributed by atoms with E-state index in [4.69, 9.17) is 0 Å². The Hall–Kier alpha value is -2.44. The van der Waals surface area contributed by atoms with Crippen LogP contribution in [0.3, 0.4) is 0 Å². The zero-order valence-corrected chi connectivity index (χ0v) is 9.45. The Morgan fingerprint density at radius 1 is 1.11 bits per heavy atom. The lowest BCUT2D eigenvalue weighted by Gasteiger charge is -2.02. The van der Waals surface area contributed by atoms with Gasteiger partial charge in [-0.3, -0.25) is 9.89 Å². The first-order valence-electron chi connectivity index (χ1n) is 5.42. The van der Waals surface area contributed by atoms with Crippen molar-refractivity contribution in [1.82, 2.24) is 14.8 Å². The summed E-state index contributed by atoms with van der Waals surface area (Å²) in [4.78, 5) is 14.5. The van der Waals surface area contributed by atoms with Gasteiger partial charge in [-0.1, -0.05) is 18.2 Å². The van der Waals surface area contributed by atoms with Gasteiger partial charge >= 0.3 is 6.18 Å². The molecule has 0 aliphatic rings. The zero-order valence-electron chi connectivity index (χ0n) is 9.45. The topological polar surface area (TPSA) is 53.6 Å². The minimum atomic E-state index is -4.57. The normalized spacial score (nSPS) is 12.2. The summed E-state index contributed by atoms with van der Waals surface area (Å²) in [6.45, 7) is 0. The van der Waals surface area contributed by atoms with E-state index in [1.807, 2.05) is 5.10 Å². The summed E-state index contributed by atoms with van der Waals surface area (Å²) in [6.07, 6.45) is -4.57. The van der Waals surface area contributed by atoms with Crippen molar-refractivity contribution in [1.29, 1.82) is 0 Å². The minimum Gasteiger partial charge on any atom is -0.340 e. The van der Waals surface area contributed by atoms with Crippen molar-refractivity contribution in [3.05, 3.63) is 52.4 Å². The maximum atomic E-state index is 12.5. The standard InChI is InChI=1S/C12H8F3N3O/c13-12(14,15)9-6-11(19)18(17-9)10-5-7-3-1-2-4-8(7)16-10/h1-6,16-17H. The number of aromatic nitrogens is 3. The Balaban J connectivity index is 2.16. The number of nitrogens with one attached hydrogen (secondary N) is 2. The maximum absolute atomic E-state index is 12.5. The van der Waals surface area contributed by atoms with Crippen LogP contribution in [0.5, 0.6) is 0 Å². The number of hydrogen-bond donors (Lipinski definition) is 2. The summed E-state index contributed by atoms with van der Waals surface area (Å²) in [5.41, 5.74) is -1.09. The Morgan fingerprint density at radius 3 is 2.47 bits per heavy atom. The zero-order chi connectivity index (χ0) is 13.6. The number of nitrogens with zero attached hydrogens (tertiary/aromatic N) is 1. The monoisotopic (exact) mass is 267 g/mol. The van der Waals surface area contributed by atoms with Crippen molar-refractivity contribution >= 4 is 10.9 Å². The number of para-hydroxylation sites is 1. The van der Waals surface area contributed by atoms with Gasteiger partial charge in [0.2, 0.25) is 0 Å². The Bertz CT molecular complexity index is 761. The van der Waals surface area contributed by atoms with E-state index >= 15 is 0 Å². The smallest absolute Gasteiger partial charge is 0.340 e. The van der Waals surface area contributed by atoms with Crippen LogP contribution in [-0.2, 0) is 6.18 Å². The Labute approximate surface area is 104 Å². The summed E-state index contributed by atoms with van der Waals surface area (Å²) in [6, 6.07) is 9.31. The van der Waals surface area contributed by atoms with E-state index in [9.17, 15) is 18.0 Å². The van der Waals surface area contributed by atoms with Crippen LogP contribution in [0.25, 0.3) is 16.7 Å². The highest BCUT2D eigenvalue weighted by molar-refractivity contribution is 5.81. The number of benzene rings is 1. The molecule has 0 radical (unpaired) electrons. The van der Waals surface area contributed by atoms with Crippen LogP contribution in [0.4, 0.5) is 13.2 Å². The molecule has 0 aliphatic carbocycles. The fourth-order valence-corrected chi connectivity index (χ4v) is 1.90. The number of H-pyrrole nitrogens is 2. The third-order valence-corrected chi connectivity index (χ3v) is 2.78. The molecule has 0 fully saturated rings. The second kappa shape index (κ2) is 3.78. The molecule has 1 aromatic carbocycles. The first kappa shape index (κ1) is 11.6. The Kier molecular flexibility index (Phi) is 2.31. The van der Waals surface area contributed by atoms with Crippen molar-refractivity contribution in [2.75, 3.05) is 0 Å². The third-order valence-electron chi connectivity index (χ3n) is 2.78. The van der Waals surface area contributed by atoms with Crippen LogP contribution in [0.15, 0.2) is 41.2 Å². The van der Waals surface area contributed by atoms with Crippen LogP contribution >= 0.6 is 0 Å². The summed E-state index contributed by atoms with van der Waals surface area (Å²) in [7, 11) is 0. The number of fused-ring (bicyclic) bond motifs is 1. The molecule has 2 aromatic heterocycles. The lowest BCUT2D eigenvalue weighted by molar-refractivity contribution is -0.141. The van der Waals surface area contributed by atoms with E-state index in [0.717, 1.165) is 15.6 Å². The van der Waals surface area contributed by atoms with Crippen LogP contribution in [0.2, 0.25) is 0 Å². The average Bonchev–Trinajstić information content (AvgIpc) is 2.90. The molecule has 0 bridgehead atoms. The molecule has 98 valence electrons. The molecular formula is C12H8F3N3O. The molecule has 0 atom stereocenters. The van der Waals surface area contributed by atoms with Gasteiger partial charge in [-0.2, -0.15) is 13.2 Å². The maximum Gasteiger partial charge on any atom is 0.432 e. The van der Waals surface area contributed by atoms with Crippen molar-refractivity contribution < 1.29 is 13.2 Å². The van der Waals surface area contributed by atoms with Gasteiger partial charge < -0.3 is 4.98 Å². The van der Waals surface area contributed by atoms with Crippen LogP contribution in [-0.4, -0.2) is 14.8 Å². The van der Waals surface area contributed by atoms with Crippen LogP contribution < -0.4 is 5.56 Å². The predicted octanol–water partition coefficient (Wildman–Crippen LogP) is 2.67. The predicted molar refractivity (Wildman–Crippen MR) is 63.2 cm³/mol. The number of halogens is 3. The van der Waals surface area contributed by atoms with E-state index in [0.29, 0.717) is 6.07 Å². The van der Waals surface area contributed by atoms with Gasteiger partial charge in [-0.25, -0.2) is 4.68 Å². The molecule has 7 heteroatoms. The molecule has 3 aromatic rings. The van der Waals surface area contributed by atoms with E-state index in [2.05, 4.69) is 4.98 Å². The first-order valence-corrected chi connectivity index (χ1v) is 5.42. The van der Waals surface area contributed by atoms with Crippen LogP contribution in [0.1, 0.15) is 5.69 Å². The molecule has 0 saturated heterocycles. The summed E-state index contributed by atoms with van der Waals surface area (Å²) in [5, 5.41) is 2.86. The van der Waals surface area contributed by atoms with E-state index in [1.165, 1.54) is 0 Å². The molecule has 2 N–H and O–H groups in total. The van der Waals surface area contributed by atoms with E-state index in [-0.39, 0.29) is 5.82 Å². The van der Waals surface area contributed by atoms with Gasteiger partial charge in [-0.05, 0) is 12.1 Å². The molecule has 0 saturated carbocycles. The van der Waals surface area contributed by atoms with Gasteiger partial charge in [0.25, 0.3) is 5.56 Å². The van der Waals surface area contributed by atoms with Gasteiger partial charge in [0.15, 0.2) is 0 Å². The van der Waals surface area contributed by atoms with E-state index in [1.54, 1.807) is 30.3 Å². The molecule has 0 amide bonds. The van der Waals surface area contributed by atoms with Gasteiger partial charge in [0.05, 0.1) is 0 Å². The van der Waals surface area contributed by atoms with Crippen molar-refractivity contribution in [3.63, 3.8) is 0 Å². The molecule has 0 spiro atoms. The largest absolute Gasteiger partial charge is 0.432 e. The highest BCUT2D eigenvalue weighted by Gasteiger charge is 2.33. The minimum absolute atomic E-state index is 0.265. The van der Waals surface area contributed by atoms with Crippen LogP contribution in [0, 0.1) is 0 Å². The van der Waals surface area contributed by atoms with E-state index < -0.39 is 17.4 Å². The molecule has 0 aliphatic heterocycles. The van der Waals surface area contributed by atoms with Crippen molar-refractivity contribution in [3.8, 4) is 5.82 Å². The molecule has 19 heavy (non-hydrogen) atoms. The average molecular weight is 267 g/mol. The second-order valence-corrected chi connectivity index (χ2v) is 4.08. The molecular weight excluding hydrogens is 259 g/mol. The van der Waals surface area contributed by atoms with Crippen molar-refractivity contribution in [2.45, 2.75) is 6.18 Å². The number of rotatable bonds is 1. The molecule has 3 rings (SSSR count).